The summed E-state index contributed by atoms with van der Waals surface area (Å²) in [5.74, 6) is 0.731. The fourth-order valence-electron chi connectivity index (χ4n) is 2.03. The fourth-order valence-corrected chi connectivity index (χ4v) is 2.03. The molecule has 2 aromatic rings. The normalized spacial score (nSPS) is 12.4. The number of benzene rings is 1. The molecule has 0 aliphatic rings. The Balaban J connectivity index is 1.85. The summed E-state index contributed by atoms with van der Waals surface area (Å²) >= 11 is 0. The zero-order valence-electron chi connectivity index (χ0n) is 11.9. The molecule has 0 saturated carbocycles. The van der Waals surface area contributed by atoms with Crippen molar-refractivity contribution < 1.29 is 9.84 Å². The number of hydrogen-bond acceptors (Lipinski definition) is 4. The minimum absolute atomic E-state index is 0.236. The predicted octanol–water partition coefficient (Wildman–Crippen LogP) is 1.40. The van der Waals surface area contributed by atoms with Gasteiger partial charge in [0.25, 0.3) is 0 Å². The van der Waals surface area contributed by atoms with E-state index in [0.717, 1.165) is 22.7 Å². The van der Waals surface area contributed by atoms with Crippen molar-refractivity contribution in [1.29, 1.82) is 0 Å². The number of aromatic nitrogens is 2. The van der Waals surface area contributed by atoms with Crippen LogP contribution >= 0.6 is 0 Å². The summed E-state index contributed by atoms with van der Waals surface area (Å²) in [7, 11) is 0. The molecule has 0 fully saturated rings. The van der Waals surface area contributed by atoms with Gasteiger partial charge in [-0.3, -0.25) is 4.68 Å². The van der Waals surface area contributed by atoms with E-state index in [-0.39, 0.29) is 6.61 Å². The van der Waals surface area contributed by atoms with Gasteiger partial charge < -0.3 is 15.6 Å². The van der Waals surface area contributed by atoms with E-state index in [0.29, 0.717) is 13.1 Å². The highest BCUT2D eigenvalue weighted by atomic mass is 16.5. The minimum Gasteiger partial charge on any atom is -0.491 e. The third-order valence-corrected chi connectivity index (χ3v) is 3.09. The van der Waals surface area contributed by atoms with E-state index >= 15 is 0 Å². The highest BCUT2D eigenvalue weighted by molar-refractivity contribution is 5.27. The lowest BCUT2D eigenvalue weighted by molar-refractivity contribution is 0.0887. The van der Waals surface area contributed by atoms with E-state index in [1.165, 1.54) is 0 Å². The zero-order chi connectivity index (χ0) is 14.5. The number of rotatable bonds is 6. The maximum absolute atomic E-state index is 9.99. The molecule has 5 heteroatoms. The smallest absolute Gasteiger partial charge is 0.119 e. The molecule has 0 spiro atoms. The lowest BCUT2D eigenvalue weighted by Crippen LogP contribution is -2.24. The van der Waals surface area contributed by atoms with Gasteiger partial charge in [-0.25, -0.2) is 0 Å². The molecule has 0 bridgehead atoms. The summed E-state index contributed by atoms with van der Waals surface area (Å²) in [6.07, 6.45) is -0.595. The van der Waals surface area contributed by atoms with Gasteiger partial charge in [0, 0.05) is 12.2 Å². The molecule has 3 N–H and O–H groups in total. The highest BCUT2D eigenvalue weighted by Gasteiger charge is 2.09. The van der Waals surface area contributed by atoms with Crippen LogP contribution in [-0.4, -0.2) is 27.6 Å². The van der Waals surface area contributed by atoms with Crippen LogP contribution in [0, 0.1) is 13.8 Å². The van der Waals surface area contributed by atoms with Crippen molar-refractivity contribution in [1.82, 2.24) is 9.78 Å². The monoisotopic (exact) mass is 275 g/mol. The molecular formula is C15H21N3O2. The van der Waals surface area contributed by atoms with Gasteiger partial charge in [-0.1, -0.05) is 12.1 Å². The Morgan fingerprint density at radius 2 is 2.00 bits per heavy atom. The lowest BCUT2D eigenvalue weighted by Gasteiger charge is -2.13. The molecule has 0 amide bonds. The number of ether oxygens (including phenoxy) is 1. The van der Waals surface area contributed by atoms with Crippen LogP contribution in [0.15, 0.2) is 30.3 Å². The number of aryl methyl sites for hydroxylation is 2. The zero-order valence-corrected chi connectivity index (χ0v) is 11.9. The summed E-state index contributed by atoms with van der Waals surface area (Å²) in [5, 5.41) is 14.3. The standard InChI is InChI=1S/C15H21N3O2/c1-11-7-12(2)18(17-11)9-14(19)10-20-15-5-3-13(8-16)4-6-15/h3-7,14,19H,8-10,16H2,1-2H3. The first-order chi connectivity index (χ1) is 9.58. The van der Waals surface area contributed by atoms with Crippen molar-refractivity contribution in [3.05, 3.63) is 47.3 Å². The van der Waals surface area contributed by atoms with Crippen molar-refractivity contribution in [3.63, 3.8) is 0 Å². The van der Waals surface area contributed by atoms with E-state index in [9.17, 15) is 5.11 Å². The molecule has 2 rings (SSSR count). The molecule has 1 unspecified atom stereocenters. The maximum atomic E-state index is 9.99. The van der Waals surface area contributed by atoms with Crippen molar-refractivity contribution >= 4 is 0 Å². The summed E-state index contributed by atoms with van der Waals surface area (Å²) < 4.78 is 7.35. The highest BCUT2D eigenvalue weighted by Crippen LogP contribution is 2.12. The number of hydrogen-bond donors (Lipinski definition) is 2. The summed E-state index contributed by atoms with van der Waals surface area (Å²) in [6.45, 7) is 5.09. The number of nitrogens with two attached hydrogens (primary N) is 1. The second-order valence-electron chi connectivity index (χ2n) is 4.92. The number of aliphatic hydroxyl groups excluding tert-OH is 1. The Bertz CT molecular complexity index is 549. The molecule has 1 aromatic carbocycles. The Kier molecular flexibility index (Phi) is 4.76. The van der Waals surface area contributed by atoms with Crippen LogP contribution < -0.4 is 10.5 Å². The summed E-state index contributed by atoms with van der Waals surface area (Å²) in [5.41, 5.74) is 8.58. The van der Waals surface area contributed by atoms with Crippen LogP contribution in [0.3, 0.4) is 0 Å². The van der Waals surface area contributed by atoms with E-state index in [4.69, 9.17) is 10.5 Å². The van der Waals surface area contributed by atoms with Gasteiger partial charge in [0.05, 0.1) is 12.2 Å². The van der Waals surface area contributed by atoms with Crippen LogP contribution in [0.4, 0.5) is 0 Å². The van der Waals surface area contributed by atoms with Gasteiger partial charge >= 0.3 is 0 Å². The average Bonchev–Trinajstić information content (AvgIpc) is 2.75. The Morgan fingerprint density at radius 3 is 2.55 bits per heavy atom. The fraction of sp³-hybridized carbons (Fsp3) is 0.400. The Morgan fingerprint density at radius 1 is 1.30 bits per heavy atom. The van der Waals surface area contributed by atoms with Gasteiger partial charge in [0.2, 0.25) is 0 Å². The van der Waals surface area contributed by atoms with Crippen molar-refractivity contribution in [3.8, 4) is 5.75 Å². The SMILES string of the molecule is Cc1cc(C)n(CC(O)COc2ccc(CN)cc2)n1. The van der Waals surface area contributed by atoms with Crippen molar-refractivity contribution in [2.45, 2.75) is 33.0 Å². The first kappa shape index (κ1) is 14.6. The van der Waals surface area contributed by atoms with Gasteiger partial charge in [0.1, 0.15) is 18.5 Å². The quantitative estimate of drug-likeness (QED) is 0.835. The average molecular weight is 275 g/mol. The molecule has 1 heterocycles. The summed E-state index contributed by atoms with van der Waals surface area (Å²) in [6, 6.07) is 9.54. The third kappa shape index (κ3) is 3.82. The molecule has 1 atom stereocenters. The Hall–Kier alpha value is -1.85. The lowest BCUT2D eigenvalue weighted by atomic mass is 10.2. The number of aliphatic hydroxyl groups is 1. The number of nitrogens with zero attached hydrogens (tertiary/aromatic N) is 2. The molecule has 0 aliphatic heterocycles. The second kappa shape index (κ2) is 6.54. The topological polar surface area (TPSA) is 73.3 Å². The van der Waals surface area contributed by atoms with Crippen molar-refractivity contribution in [2.75, 3.05) is 6.61 Å². The van der Waals surface area contributed by atoms with Crippen LogP contribution in [0.2, 0.25) is 0 Å². The largest absolute Gasteiger partial charge is 0.491 e. The van der Waals surface area contributed by atoms with Gasteiger partial charge in [-0.05, 0) is 37.6 Å². The molecule has 0 aliphatic carbocycles. The molecule has 5 nitrogen and oxygen atoms in total. The molecule has 20 heavy (non-hydrogen) atoms. The molecule has 108 valence electrons. The second-order valence-corrected chi connectivity index (χ2v) is 4.92. The molecule has 1 aromatic heterocycles. The van der Waals surface area contributed by atoms with E-state index in [2.05, 4.69) is 5.10 Å². The third-order valence-electron chi connectivity index (χ3n) is 3.09. The van der Waals surface area contributed by atoms with E-state index < -0.39 is 6.10 Å². The van der Waals surface area contributed by atoms with Gasteiger partial charge in [-0.2, -0.15) is 5.10 Å². The maximum Gasteiger partial charge on any atom is 0.119 e. The van der Waals surface area contributed by atoms with Crippen LogP contribution in [0.5, 0.6) is 5.75 Å². The van der Waals surface area contributed by atoms with Crippen molar-refractivity contribution in [2.24, 2.45) is 5.73 Å². The van der Waals surface area contributed by atoms with Crippen LogP contribution in [0.25, 0.3) is 0 Å². The molecule has 0 radical (unpaired) electrons. The van der Waals surface area contributed by atoms with Crippen LogP contribution in [0.1, 0.15) is 17.0 Å². The van der Waals surface area contributed by atoms with E-state index in [1.54, 1.807) is 4.68 Å². The molecule has 0 saturated heterocycles. The first-order valence-electron chi connectivity index (χ1n) is 6.69. The Labute approximate surface area is 119 Å². The van der Waals surface area contributed by atoms with E-state index in [1.807, 2.05) is 44.2 Å². The van der Waals surface area contributed by atoms with Gasteiger partial charge in [-0.15, -0.1) is 0 Å². The predicted molar refractivity (Wildman–Crippen MR) is 77.5 cm³/mol. The van der Waals surface area contributed by atoms with Crippen LogP contribution in [-0.2, 0) is 13.1 Å². The first-order valence-corrected chi connectivity index (χ1v) is 6.69. The molecular weight excluding hydrogens is 254 g/mol. The minimum atomic E-state index is -0.595. The summed E-state index contributed by atoms with van der Waals surface area (Å²) in [4.78, 5) is 0. The van der Waals surface area contributed by atoms with Gasteiger partial charge in [0.15, 0.2) is 0 Å².